The van der Waals surface area contributed by atoms with Gasteiger partial charge in [0.1, 0.15) is 0 Å². The minimum absolute atomic E-state index is 0.303. The van der Waals surface area contributed by atoms with Crippen LogP contribution in [0, 0.1) is 0 Å². The molecule has 6 heteroatoms. The molecule has 0 aliphatic heterocycles. The number of hydrogen-bond acceptors (Lipinski definition) is 4. The first kappa shape index (κ1) is 25.1. The topological polar surface area (TPSA) is 70.9 Å². The Morgan fingerprint density at radius 2 is 1.11 bits per heavy atom. The Balaban J connectivity index is 1.63. The second-order valence-electron chi connectivity index (χ2n) is 8.69. The van der Waals surface area contributed by atoms with Gasteiger partial charge in [0.2, 0.25) is 0 Å². The molecule has 38 heavy (non-hydrogen) atoms. The van der Waals surface area contributed by atoms with Crippen molar-refractivity contribution in [2.24, 2.45) is 10.2 Å². The van der Waals surface area contributed by atoms with Crippen molar-refractivity contribution in [3.05, 3.63) is 151 Å². The van der Waals surface area contributed by atoms with Crippen LogP contribution in [0.5, 0.6) is 0 Å². The zero-order valence-corrected chi connectivity index (χ0v) is 21.5. The Morgan fingerprint density at radius 1 is 0.605 bits per heavy atom. The predicted octanol–water partition coefficient (Wildman–Crippen LogP) is 6.67. The van der Waals surface area contributed by atoms with E-state index in [2.05, 4.69) is 15.5 Å². The highest BCUT2D eigenvalue weighted by Gasteiger charge is 2.34. The molecule has 0 unspecified atom stereocenters. The third-order valence-corrected chi connectivity index (χ3v) is 9.24. The van der Waals surface area contributed by atoms with Gasteiger partial charge in [-0.25, -0.2) is 0 Å². The van der Waals surface area contributed by atoms with Crippen molar-refractivity contribution in [1.29, 1.82) is 0 Å². The maximum Gasteiger partial charge on any atom is 0.252 e. The van der Waals surface area contributed by atoms with Crippen LogP contribution in [0.1, 0.15) is 15.9 Å². The van der Waals surface area contributed by atoms with Crippen molar-refractivity contribution in [2.45, 2.75) is 6.54 Å². The van der Waals surface area contributed by atoms with Gasteiger partial charge in [0.05, 0.1) is 16.9 Å². The molecule has 5 rings (SSSR count). The van der Waals surface area contributed by atoms with E-state index in [0.717, 1.165) is 5.56 Å². The van der Waals surface area contributed by atoms with Gasteiger partial charge in [0.25, 0.3) is 5.91 Å². The zero-order chi connectivity index (χ0) is 26.2. The van der Waals surface area contributed by atoms with E-state index in [0.29, 0.717) is 39.4 Å². The molecule has 0 spiro atoms. The van der Waals surface area contributed by atoms with Crippen molar-refractivity contribution < 1.29 is 9.36 Å². The van der Waals surface area contributed by atoms with E-state index < -0.39 is 7.14 Å². The summed E-state index contributed by atoms with van der Waals surface area (Å²) in [7, 11) is -3.45. The summed E-state index contributed by atoms with van der Waals surface area (Å²) < 4.78 is 15.2. The summed E-state index contributed by atoms with van der Waals surface area (Å²) in [6.45, 7) is 0.357. The average molecular weight is 516 g/mol. The summed E-state index contributed by atoms with van der Waals surface area (Å²) >= 11 is 0. The summed E-state index contributed by atoms with van der Waals surface area (Å²) in [5, 5.41) is 13.4. The maximum atomic E-state index is 15.2. The lowest BCUT2D eigenvalue weighted by Gasteiger charge is -2.23. The lowest BCUT2D eigenvalue weighted by Crippen LogP contribution is -2.33. The van der Waals surface area contributed by atoms with E-state index in [4.69, 9.17) is 0 Å². The molecule has 0 saturated carbocycles. The van der Waals surface area contributed by atoms with Gasteiger partial charge in [-0.2, -0.15) is 10.2 Å². The van der Waals surface area contributed by atoms with Crippen LogP contribution < -0.4 is 21.2 Å². The highest BCUT2D eigenvalue weighted by atomic mass is 31.2. The quantitative estimate of drug-likeness (QED) is 0.185. The number of rotatable bonds is 8. The van der Waals surface area contributed by atoms with Gasteiger partial charge >= 0.3 is 0 Å². The molecule has 0 aromatic heterocycles. The average Bonchev–Trinajstić information content (AvgIpc) is 3.00. The second-order valence-corrected chi connectivity index (χ2v) is 11.4. The lowest BCUT2D eigenvalue weighted by atomic mass is 10.1. The minimum Gasteiger partial charge on any atom is -0.348 e. The van der Waals surface area contributed by atoms with Gasteiger partial charge in [0, 0.05) is 22.5 Å². The van der Waals surface area contributed by atoms with Crippen LogP contribution in [-0.2, 0) is 11.1 Å². The molecule has 0 heterocycles. The summed E-state index contributed by atoms with van der Waals surface area (Å²) in [5.74, 6) is -0.303. The van der Waals surface area contributed by atoms with Crippen LogP contribution in [0.15, 0.2) is 150 Å². The molecule has 5 nitrogen and oxygen atoms in total. The number of benzene rings is 5. The van der Waals surface area contributed by atoms with Crippen molar-refractivity contribution in [2.75, 3.05) is 0 Å². The van der Waals surface area contributed by atoms with E-state index in [-0.39, 0.29) is 5.91 Å². The highest BCUT2D eigenvalue weighted by Crippen LogP contribution is 2.44. The van der Waals surface area contributed by atoms with Crippen LogP contribution in [0.25, 0.3) is 0 Å². The van der Waals surface area contributed by atoms with Crippen LogP contribution in [-0.4, -0.2) is 5.91 Å². The molecule has 0 saturated heterocycles. The largest absolute Gasteiger partial charge is 0.348 e. The van der Waals surface area contributed by atoms with Crippen LogP contribution >= 0.6 is 7.14 Å². The van der Waals surface area contributed by atoms with Gasteiger partial charge in [-0.1, -0.05) is 109 Å². The first-order valence-corrected chi connectivity index (χ1v) is 14.0. The standard InChI is InChI=1S/C32H26N3O2P/c36-32(33-24-25-13-5-1-6-14-25)30-22-21-27(35-34-26-15-7-2-8-16-26)23-31(30)38(37,28-17-9-3-10-18-28)29-19-11-4-12-20-29/h1-23H,24H2,(H,33,36). The number of azo groups is 1. The van der Waals surface area contributed by atoms with E-state index in [1.165, 1.54) is 0 Å². The Bertz CT molecular complexity index is 1550. The zero-order valence-electron chi connectivity index (χ0n) is 20.6. The number of amides is 1. The minimum atomic E-state index is -3.45. The van der Waals surface area contributed by atoms with E-state index in [9.17, 15) is 4.79 Å². The van der Waals surface area contributed by atoms with E-state index >= 15 is 4.57 Å². The number of hydrogen-bond donors (Lipinski definition) is 1. The molecule has 0 aliphatic carbocycles. The van der Waals surface area contributed by atoms with Gasteiger partial charge in [0.15, 0.2) is 7.14 Å². The van der Waals surface area contributed by atoms with Gasteiger partial charge < -0.3 is 9.88 Å². The molecule has 1 amide bonds. The Hall–Kier alpha value is -4.60. The second kappa shape index (κ2) is 11.6. The molecular formula is C32H26N3O2P. The first-order valence-electron chi connectivity index (χ1n) is 12.3. The van der Waals surface area contributed by atoms with Crippen LogP contribution in [0.4, 0.5) is 11.4 Å². The molecule has 0 fully saturated rings. The molecule has 1 N–H and O–H groups in total. The molecule has 0 radical (unpaired) electrons. The first-order chi connectivity index (χ1) is 18.6. The summed E-state index contributed by atoms with van der Waals surface area (Å²) in [5.41, 5.74) is 2.53. The fraction of sp³-hybridized carbons (Fsp3) is 0.0312. The van der Waals surface area contributed by atoms with E-state index in [1.807, 2.05) is 121 Å². The third kappa shape index (κ3) is 5.54. The van der Waals surface area contributed by atoms with Crippen molar-refractivity contribution in [3.8, 4) is 0 Å². The molecular weight excluding hydrogens is 489 g/mol. The van der Waals surface area contributed by atoms with Crippen molar-refractivity contribution >= 4 is 40.3 Å². The molecule has 0 aliphatic rings. The molecule has 5 aromatic carbocycles. The molecule has 0 bridgehead atoms. The lowest BCUT2D eigenvalue weighted by molar-refractivity contribution is 0.0952. The Morgan fingerprint density at radius 3 is 1.68 bits per heavy atom. The summed E-state index contributed by atoms with van der Waals surface area (Å²) in [6.07, 6.45) is 0. The van der Waals surface area contributed by atoms with Crippen LogP contribution in [0.3, 0.4) is 0 Å². The SMILES string of the molecule is O=C(NCc1ccccc1)c1ccc(N=Nc2ccccc2)cc1P(=O)(c1ccccc1)c1ccccc1. The van der Waals surface area contributed by atoms with Crippen molar-refractivity contribution in [1.82, 2.24) is 5.32 Å². The number of nitrogens with zero attached hydrogens (tertiary/aromatic N) is 2. The smallest absolute Gasteiger partial charge is 0.252 e. The van der Waals surface area contributed by atoms with Gasteiger partial charge in [-0.05, 0) is 35.9 Å². The third-order valence-electron chi connectivity index (χ3n) is 6.14. The molecule has 0 atom stereocenters. The highest BCUT2D eigenvalue weighted by molar-refractivity contribution is 7.85. The number of carbonyl (C=O) groups is 1. The Kier molecular flexibility index (Phi) is 7.67. The fourth-order valence-corrected chi connectivity index (χ4v) is 7.09. The fourth-order valence-electron chi connectivity index (χ4n) is 4.22. The predicted molar refractivity (Wildman–Crippen MR) is 154 cm³/mol. The summed E-state index contributed by atoms with van der Waals surface area (Å²) in [4.78, 5) is 13.6. The number of carbonyl (C=O) groups excluding carboxylic acids is 1. The molecule has 186 valence electrons. The van der Waals surface area contributed by atoms with Crippen LogP contribution in [0.2, 0.25) is 0 Å². The number of nitrogens with one attached hydrogen (secondary N) is 1. The van der Waals surface area contributed by atoms with Gasteiger partial charge in [-0.3, -0.25) is 4.79 Å². The normalized spacial score (nSPS) is 11.4. The molecule has 5 aromatic rings. The Labute approximate surface area is 222 Å². The van der Waals surface area contributed by atoms with E-state index in [1.54, 1.807) is 18.2 Å². The van der Waals surface area contributed by atoms with Gasteiger partial charge in [-0.15, -0.1) is 0 Å². The summed E-state index contributed by atoms with van der Waals surface area (Å²) in [6, 6.07) is 42.8. The monoisotopic (exact) mass is 515 g/mol. The maximum absolute atomic E-state index is 15.2. The van der Waals surface area contributed by atoms with Crippen molar-refractivity contribution in [3.63, 3.8) is 0 Å².